The van der Waals surface area contributed by atoms with Crippen LogP contribution in [-0.2, 0) is 6.42 Å². The minimum Gasteiger partial charge on any atom is -0.432 e. The lowest BCUT2D eigenvalue weighted by Gasteiger charge is -2.25. The Labute approximate surface area is 179 Å². The van der Waals surface area contributed by atoms with Crippen molar-refractivity contribution in [3.63, 3.8) is 0 Å². The Balaban J connectivity index is 1.64. The zero-order valence-electron chi connectivity index (χ0n) is 17.5. The molecule has 1 nitrogen and oxygen atoms in total. The Kier molecular flexibility index (Phi) is 5.78. The molecular formula is C26H24F4O. The van der Waals surface area contributed by atoms with E-state index in [1.807, 2.05) is 24.3 Å². The van der Waals surface area contributed by atoms with E-state index >= 15 is 0 Å². The van der Waals surface area contributed by atoms with Gasteiger partial charge in [0.25, 0.3) is 0 Å². The van der Waals surface area contributed by atoms with Crippen molar-refractivity contribution in [2.75, 3.05) is 0 Å². The van der Waals surface area contributed by atoms with Crippen molar-refractivity contribution >= 4 is 0 Å². The molecule has 3 aromatic carbocycles. The van der Waals surface area contributed by atoms with E-state index in [2.05, 4.69) is 18.6 Å². The summed E-state index contributed by atoms with van der Waals surface area (Å²) in [7, 11) is 0. The molecule has 0 saturated carbocycles. The largest absolute Gasteiger partial charge is 0.432 e. The van der Waals surface area contributed by atoms with Gasteiger partial charge < -0.3 is 4.74 Å². The molecular weight excluding hydrogens is 404 g/mol. The van der Waals surface area contributed by atoms with Crippen LogP contribution in [0.3, 0.4) is 0 Å². The van der Waals surface area contributed by atoms with Crippen molar-refractivity contribution in [2.45, 2.75) is 51.6 Å². The van der Waals surface area contributed by atoms with E-state index in [4.69, 9.17) is 0 Å². The van der Waals surface area contributed by atoms with Crippen LogP contribution < -0.4 is 4.74 Å². The van der Waals surface area contributed by atoms with E-state index in [0.29, 0.717) is 22.6 Å². The maximum absolute atomic E-state index is 15.0. The van der Waals surface area contributed by atoms with Gasteiger partial charge in [0.2, 0.25) is 0 Å². The van der Waals surface area contributed by atoms with Crippen LogP contribution in [0.5, 0.6) is 5.75 Å². The summed E-state index contributed by atoms with van der Waals surface area (Å²) in [6.07, 6.45) is -1.41. The lowest BCUT2D eigenvalue weighted by Crippen LogP contribution is -2.29. The lowest BCUT2D eigenvalue weighted by molar-refractivity contribution is -0.187. The van der Waals surface area contributed by atoms with Gasteiger partial charge in [-0.15, -0.1) is 0 Å². The summed E-state index contributed by atoms with van der Waals surface area (Å²) in [6, 6.07) is 14.7. The number of rotatable bonds is 5. The second-order valence-electron chi connectivity index (χ2n) is 8.19. The highest BCUT2D eigenvalue weighted by Crippen LogP contribution is 2.39. The van der Waals surface area contributed by atoms with Crippen LogP contribution in [0, 0.1) is 11.6 Å². The molecule has 1 atom stereocenters. The standard InChI is InChI=1S/C26H24F4O/c1-3-4-16(2)17-5-7-18(8-6-17)21-14-22(27)25(23(28)15-21)20-9-10-24-19(13-20)11-12-26(29,30)31-24/h5-10,13-16H,3-4,11-12H2,1-2H3. The molecule has 31 heavy (non-hydrogen) atoms. The van der Waals surface area contributed by atoms with Gasteiger partial charge in [-0.1, -0.05) is 50.6 Å². The fraction of sp³-hybridized carbons (Fsp3) is 0.308. The van der Waals surface area contributed by atoms with Crippen LogP contribution in [0.25, 0.3) is 22.3 Å². The molecule has 0 N–H and O–H groups in total. The van der Waals surface area contributed by atoms with Crippen LogP contribution in [0.15, 0.2) is 54.6 Å². The van der Waals surface area contributed by atoms with Gasteiger partial charge in [0.05, 0.1) is 12.0 Å². The van der Waals surface area contributed by atoms with Crippen LogP contribution >= 0.6 is 0 Å². The number of halogens is 4. The number of benzene rings is 3. The van der Waals surface area contributed by atoms with Gasteiger partial charge >= 0.3 is 6.11 Å². The molecule has 5 heteroatoms. The molecule has 3 aromatic rings. The molecule has 162 valence electrons. The number of hydrogen-bond acceptors (Lipinski definition) is 1. The van der Waals surface area contributed by atoms with Crippen molar-refractivity contribution in [3.8, 4) is 28.0 Å². The van der Waals surface area contributed by atoms with Crippen LogP contribution in [0.4, 0.5) is 17.6 Å². The third kappa shape index (κ3) is 4.46. The van der Waals surface area contributed by atoms with Crippen LogP contribution in [-0.4, -0.2) is 6.11 Å². The fourth-order valence-corrected chi connectivity index (χ4v) is 4.14. The summed E-state index contributed by atoms with van der Waals surface area (Å²) in [5.74, 6) is -0.904. The van der Waals surface area contributed by atoms with Gasteiger partial charge in [-0.05, 0) is 70.8 Å². The second kappa shape index (κ2) is 8.37. The van der Waals surface area contributed by atoms with E-state index in [-0.39, 0.29) is 17.7 Å². The van der Waals surface area contributed by atoms with Gasteiger partial charge in [-0.2, -0.15) is 8.78 Å². The van der Waals surface area contributed by atoms with Gasteiger partial charge in [0, 0.05) is 0 Å². The van der Waals surface area contributed by atoms with Crippen molar-refractivity contribution < 1.29 is 22.3 Å². The van der Waals surface area contributed by atoms with Gasteiger partial charge in [-0.25, -0.2) is 8.78 Å². The number of fused-ring (bicyclic) bond motifs is 1. The summed E-state index contributed by atoms with van der Waals surface area (Å²) >= 11 is 0. The predicted molar refractivity (Wildman–Crippen MR) is 114 cm³/mol. The number of aryl methyl sites for hydroxylation is 1. The maximum atomic E-state index is 15.0. The lowest BCUT2D eigenvalue weighted by atomic mass is 9.93. The number of hydrogen-bond donors (Lipinski definition) is 0. The summed E-state index contributed by atoms with van der Waals surface area (Å²) in [5.41, 5.74) is 3.04. The van der Waals surface area contributed by atoms with Crippen LogP contribution in [0.1, 0.15) is 50.2 Å². The van der Waals surface area contributed by atoms with Crippen molar-refractivity contribution in [2.24, 2.45) is 0 Å². The molecule has 0 saturated heterocycles. The third-order valence-electron chi connectivity index (χ3n) is 5.87. The van der Waals surface area contributed by atoms with Gasteiger partial charge in [0.15, 0.2) is 0 Å². The minimum absolute atomic E-state index is 0.0508. The molecule has 0 aromatic heterocycles. The topological polar surface area (TPSA) is 9.23 Å². The Morgan fingerprint density at radius 3 is 2.19 bits per heavy atom. The Hall–Kier alpha value is -2.82. The third-order valence-corrected chi connectivity index (χ3v) is 5.87. The number of alkyl halides is 2. The first-order valence-electron chi connectivity index (χ1n) is 10.6. The Morgan fingerprint density at radius 2 is 1.55 bits per heavy atom. The van der Waals surface area contributed by atoms with E-state index in [0.717, 1.165) is 18.4 Å². The average Bonchev–Trinajstić information content (AvgIpc) is 2.73. The average molecular weight is 428 g/mol. The van der Waals surface area contributed by atoms with Crippen LogP contribution in [0.2, 0.25) is 0 Å². The van der Waals surface area contributed by atoms with E-state index < -0.39 is 24.2 Å². The van der Waals surface area contributed by atoms with Gasteiger partial charge in [-0.3, -0.25) is 0 Å². The monoisotopic (exact) mass is 428 g/mol. The summed E-state index contributed by atoms with van der Waals surface area (Å²) < 4.78 is 61.4. The summed E-state index contributed by atoms with van der Waals surface area (Å²) in [5, 5.41) is 0. The number of ether oxygens (including phenoxy) is 1. The highest BCUT2D eigenvalue weighted by Gasteiger charge is 2.36. The Morgan fingerprint density at radius 1 is 0.903 bits per heavy atom. The first kappa shape index (κ1) is 21.4. The van der Waals surface area contributed by atoms with Gasteiger partial charge in [0.1, 0.15) is 17.4 Å². The molecule has 1 aliphatic rings. The molecule has 0 fully saturated rings. The molecule has 1 heterocycles. The molecule has 1 aliphatic heterocycles. The molecule has 0 bridgehead atoms. The fourth-order valence-electron chi connectivity index (χ4n) is 4.14. The SMILES string of the molecule is CCCC(C)c1ccc(-c2cc(F)c(-c3ccc4c(c3)CCC(F)(F)O4)c(F)c2)cc1. The molecule has 0 radical (unpaired) electrons. The van der Waals surface area contributed by atoms with Crippen molar-refractivity contribution in [3.05, 3.63) is 77.4 Å². The summed E-state index contributed by atoms with van der Waals surface area (Å²) in [4.78, 5) is 0. The molecule has 0 aliphatic carbocycles. The Bertz CT molecular complexity index is 1070. The highest BCUT2D eigenvalue weighted by molar-refractivity contribution is 5.73. The van der Waals surface area contributed by atoms with Crippen molar-refractivity contribution in [1.82, 2.24) is 0 Å². The highest BCUT2D eigenvalue weighted by atomic mass is 19.3. The smallest absolute Gasteiger partial charge is 0.398 e. The molecule has 4 rings (SSSR count). The zero-order chi connectivity index (χ0) is 22.2. The summed E-state index contributed by atoms with van der Waals surface area (Å²) in [6.45, 7) is 4.31. The van der Waals surface area contributed by atoms with E-state index in [9.17, 15) is 17.6 Å². The first-order chi connectivity index (χ1) is 14.8. The first-order valence-corrected chi connectivity index (χ1v) is 10.6. The minimum atomic E-state index is -3.21. The van der Waals surface area contributed by atoms with E-state index in [1.54, 1.807) is 0 Å². The maximum Gasteiger partial charge on any atom is 0.398 e. The molecule has 0 spiro atoms. The normalized spacial score (nSPS) is 15.8. The predicted octanol–water partition coefficient (Wildman–Crippen LogP) is 8.12. The quantitative estimate of drug-likeness (QED) is 0.373. The second-order valence-corrected chi connectivity index (χ2v) is 8.19. The van der Waals surface area contributed by atoms with E-state index in [1.165, 1.54) is 35.9 Å². The zero-order valence-corrected chi connectivity index (χ0v) is 17.5. The molecule has 1 unspecified atom stereocenters. The van der Waals surface area contributed by atoms with Crippen molar-refractivity contribution in [1.29, 1.82) is 0 Å². The molecule has 0 amide bonds.